The van der Waals surface area contributed by atoms with Crippen LogP contribution >= 0.6 is 11.0 Å². The van der Waals surface area contributed by atoms with Crippen molar-refractivity contribution >= 4 is 28.2 Å². The number of hydrogen-bond donors (Lipinski definition) is 3. The van der Waals surface area contributed by atoms with Crippen LogP contribution in [0.15, 0.2) is 66.7 Å². The van der Waals surface area contributed by atoms with Gasteiger partial charge >= 0.3 is 0 Å². The minimum Gasteiger partial charge on any atom is -0.348 e. The minimum atomic E-state index is -3.04. The zero-order valence-corrected chi connectivity index (χ0v) is 19.6. The predicted octanol–water partition coefficient (Wildman–Crippen LogP) is 5.40. The van der Waals surface area contributed by atoms with E-state index in [0.29, 0.717) is 30.1 Å². The molecule has 3 aromatic carbocycles. The summed E-state index contributed by atoms with van der Waals surface area (Å²) in [5.74, 6) is 0.236. The van der Waals surface area contributed by atoms with Gasteiger partial charge in [0, 0.05) is 20.1 Å². The average molecular weight is 475 g/mol. The third-order valence-electron chi connectivity index (χ3n) is 6.37. The summed E-state index contributed by atoms with van der Waals surface area (Å²) >= 11 is 0. The van der Waals surface area contributed by atoms with E-state index in [1.807, 2.05) is 48.5 Å². The summed E-state index contributed by atoms with van der Waals surface area (Å²) in [6.07, 6.45) is 2.27. The molecule has 1 amide bonds. The van der Waals surface area contributed by atoms with Gasteiger partial charge in [0.2, 0.25) is 0 Å². The second kappa shape index (κ2) is 8.69. The first-order valence-electron chi connectivity index (χ1n) is 11.2. The molecule has 1 heterocycles. The summed E-state index contributed by atoms with van der Waals surface area (Å²) in [5.41, 5.74) is 5.20. The van der Waals surface area contributed by atoms with Crippen molar-refractivity contribution < 1.29 is 13.9 Å². The molecule has 8 heteroatoms. The summed E-state index contributed by atoms with van der Waals surface area (Å²) < 4.78 is 24.9. The average Bonchev–Trinajstić information content (AvgIpc) is 3.66. The van der Waals surface area contributed by atoms with Crippen LogP contribution in [0.2, 0.25) is 0 Å². The van der Waals surface area contributed by atoms with Gasteiger partial charge in [0.25, 0.3) is 5.91 Å². The lowest BCUT2D eigenvalue weighted by Gasteiger charge is -2.42. The lowest BCUT2D eigenvalue weighted by Crippen LogP contribution is -2.32. The third kappa shape index (κ3) is 4.10. The summed E-state index contributed by atoms with van der Waals surface area (Å²) in [6, 6.07) is 22.6. The summed E-state index contributed by atoms with van der Waals surface area (Å²) in [4.78, 5) is 12.6. The van der Waals surface area contributed by atoms with Gasteiger partial charge in [0.05, 0.1) is 28.6 Å². The summed E-state index contributed by atoms with van der Waals surface area (Å²) in [5, 5.41) is 12.1. The van der Waals surface area contributed by atoms with Crippen molar-refractivity contribution in [2.45, 2.75) is 19.4 Å². The number of anilines is 2. The van der Waals surface area contributed by atoms with Gasteiger partial charge in [0.1, 0.15) is 0 Å². The summed E-state index contributed by atoms with van der Waals surface area (Å²) in [6.45, 7) is 0.982. The molecule has 0 bridgehead atoms. The highest BCUT2D eigenvalue weighted by molar-refractivity contribution is 8.26. The van der Waals surface area contributed by atoms with Crippen molar-refractivity contribution in [3.05, 3.63) is 83.4 Å². The number of rotatable bonds is 6. The molecule has 7 nitrogen and oxygen atoms in total. The third-order valence-corrected chi connectivity index (χ3v) is 8.24. The normalized spacial score (nSPS) is 17.1. The molecule has 1 aliphatic heterocycles. The molecular formula is C26H26N4O3S. The molecular weight excluding hydrogens is 448 g/mol. The Labute approximate surface area is 200 Å². The predicted molar refractivity (Wildman–Crippen MR) is 136 cm³/mol. The molecule has 174 valence electrons. The van der Waals surface area contributed by atoms with Gasteiger partial charge in [-0.15, -0.1) is 0 Å². The van der Waals surface area contributed by atoms with E-state index < -0.39 is 11.0 Å². The molecule has 1 aliphatic carbocycles. The maximum absolute atomic E-state index is 12.6. The highest BCUT2D eigenvalue weighted by Gasteiger charge is 2.41. The summed E-state index contributed by atoms with van der Waals surface area (Å²) in [7, 11) is -1.32. The number of amides is 1. The Morgan fingerprint density at radius 3 is 2.59 bits per heavy atom. The maximum atomic E-state index is 12.6. The quantitative estimate of drug-likeness (QED) is 0.442. The number of carbonyl (C=O) groups is 1. The fourth-order valence-corrected chi connectivity index (χ4v) is 5.76. The number of fused-ring (bicyclic) bond motifs is 1. The van der Waals surface area contributed by atoms with Crippen LogP contribution in [0.25, 0.3) is 11.1 Å². The van der Waals surface area contributed by atoms with Crippen molar-refractivity contribution in [1.29, 1.82) is 5.26 Å². The molecule has 3 aromatic rings. The number of nitrogens with one attached hydrogen (secondary N) is 1. The molecule has 2 aliphatic rings. The van der Waals surface area contributed by atoms with Crippen molar-refractivity contribution in [3.63, 3.8) is 0 Å². The fraction of sp³-hybridized carbons (Fsp3) is 0.231. The van der Waals surface area contributed by atoms with Gasteiger partial charge in [-0.3, -0.25) is 22.5 Å². The van der Waals surface area contributed by atoms with Gasteiger partial charge in [-0.25, -0.2) is 0 Å². The molecule has 1 fully saturated rings. The van der Waals surface area contributed by atoms with Crippen molar-refractivity contribution in [1.82, 2.24) is 5.32 Å². The van der Waals surface area contributed by atoms with Crippen LogP contribution < -0.4 is 13.9 Å². The second-order valence-corrected chi connectivity index (χ2v) is 10.7. The number of carbonyl (C=O) groups excluding carboxylic acids is 1. The van der Waals surface area contributed by atoms with Crippen molar-refractivity contribution in [2.24, 2.45) is 5.92 Å². The fourth-order valence-electron chi connectivity index (χ4n) is 4.23. The van der Waals surface area contributed by atoms with Gasteiger partial charge in [0.15, 0.2) is 0 Å². The van der Waals surface area contributed by atoms with E-state index in [4.69, 9.17) is 0 Å². The Balaban J connectivity index is 1.35. The SMILES string of the molecule is CN1c2cc(-c3cccc(CNC(=O)c4ccccc4C#N)c3)ccc2N(CC2CC2)S1(O)O. The lowest BCUT2D eigenvalue weighted by molar-refractivity contribution is 0.0950. The van der Waals surface area contributed by atoms with Gasteiger partial charge < -0.3 is 5.32 Å². The van der Waals surface area contributed by atoms with E-state index in [0.717, 1.165) is 40.9 Å². The van der Waals surface area contributed by atoms with Crippen LogP contribution in [0.1, 0.15) is 34.3 Å². The number of nitriles is 1. The van der Waals surface area contributed by atoms with Crippen LogP contribution in [-0.2, 0) is 6.54 Å². The van der Waals surface area contributed by atoms with Crippen molar-refractivity contribution in [3.8, 4) is 17.2 Å². The van der Waals surface area contributed by atoms with E-state index in [1.165, 1.54) is 0 Å². The van der Waals surface area contributed by atoms with E-state index >= 15 is 0 Å². The first-order chi connectivity index (χ1) is 16.4. The number of nitrogens with zero attached hydrogens (tertiary/aromatic N) is 3. The maximum Gasteiger partial charge on any atom is 0.252 e. The Bertz CT molecular complexity index is 1300. The van der Waals surface area contributed by atoms with Crippen LogP contribution in [0.4, 0.5) is 11.4 Å². The zero-order chi connectivity index (χ0) is 23.9. The zero-order valence-electron chi connectivity index (χ0n) is 18.8. The largest absolute Gasteiger partial charge is 0.348 e. The van der Waals surface area contributed by atoms with E-state index in [9.17, 15) is 19.2 Å². The molecule has 0 atom stereocenters. The number of hydrogen-bond acceptors (Lipinski definition) is 6. The van der Waals surface area contributed by atoms with Gasteiger partial charge in [-0.1, -0.05) is 36.4 Å². The Hall–Kier alpha value is -3.51. The lowest BCUT2D eigenvalue weighted by atomic mass is 10.0. The van der Waals surface area contributed by atoms with E-state index in [-0.39, 0.29) is 5.91 Å². The molecule has 5 rings (SSSR count). The first kappa shape index (κ1) is 22.3. The van der Waals surface area contributed by atoms with Crippen LogP contribution in [-0.4, -0.2) is 28.6 Å². The smallest absolute Gasteiger partial charge is 0.252 e. The number of benzene rings is 3. The molecule has 3 N–H and O–H groups in total. The monoisotopic (exact) mass is 474 g/mol. The standard InChI is InChI=1S/C26H26N4O3S/c1-29-25-14-21(11-12-24(25)30(34(29,32)33)17-18-9-10-18)20-7-4-5-19(13-20)16-28-26(31)23-8-3-2-6-22(23)15-27/h2-8,11-14,18,32-33H,9-10,16-17H2,1H3,(H,28,31). The highest BCUT2D eigenvalue weighted by Crippen LogP contribution is 2.61. The van der Waals surface area contributed by atoms with E-state index in [2.05, 4.69) is 5.32 Å². The molecule has 1 saturated carbocycles. The molecule has 0 radical (unpaired) electrons. The van der Waals surface area contributed by atoms with Gasteiger partial charge in [-0.05, 0) is 76.7 Å². The Morgan fingerprint density at radius 1 is 1.06 bits per heavy atom. The van der Waals surface area contributed by atoms with Crippen molar-refractivity contribution in [2.75, 3.05) is 22.2 Å². The topological polar surface area (TPSA) is 99.8 Å². The van der Waals surface area contributed by atoms with Crippen LogP contribution in [0, 0.1) is 17.2 Å². The molecule has 0 saturated heterocycles. The van der Waals surface area contributed by atoms with Crippen LogP contribution in [0.5, 0.6) is 0 Å². The highest BCUT2D eigenvalue weighted by atomic mass is 32.3. The molecule has 0 spiro atoms. The Morgan fingerprint density at radius 2 is 1.82 bits per heavy atom. The second-order valence-electron chi connectivity index (χ2n) is 8.74. The first-order valence-corrected chi connectivity index (χ1v) is 12.6. The minimum absolute atomic E-state index is 0.289. The molecule has 0 aromatic heterocycles. The Kier molecular flexibility index (Phi) is 5.70. The van der Waals surface area contributed by atoms with Gasteiger partial charge in [-0.2, -0.15) is 5.26 Å². The molecule has 34 heavy (non-hydrogen) atoms. The van der Waals surface area contributed by atoms with E-state index in [1.54, 1.807) is 39.9 Å². The van der Waals surface area contributed by atoms with Crippen LogP contribution in [0.3, 0.4) is 0 Å². The molecule has 0 unspecified atom stereocenters.